The molecule has 2 heterocycles. The minimum Gasteiger partial charge on any atom is -0.382 e. The molecule has 2 rings (SSSR count). The maximum atomic E-state index is 5.61. The lowest BCUT2D eigenvalue weighted by Gasteiger charge is -1.98. The zero-order valence-corrected chi connectivity index (χ0v) is 6.52. The third-order valence-electron chi connectivity index (χ3n) is 1.62. The number of fused-ring (bicyclic) bond motifs is 1. The van der Waals surface area contributed by atoms with Crippen LogP contribution in [0.4, 0.5) is 11.8 Å². The Balaban J connectivity index is 2.93. The first-order chi connectivity index (χ1) is 5.68. The molecular formula is C6H8N6. The molecule has 2 aromatic heterocycles. The number of aromatic nitrogens is 4. The Bertz CT molecular complexity index is 431. The second-order valence-corrected chi connectivity index (χ2v) is 2.49. The fourth-order valence-corrected chi connectivity index (χ4v) is 1.10. The Kier molecular flexibility index (Phi) is 1.18. The quantitative estimate of drug-likeness (QED) is 0.548. The first-order valence-corrected chi connectivity index (χ1v) is 3.38. The van der Waals surface area contributed by atoms with Crippen LogP contribution < -0.4 is 11.5 Å². The number of nitrogens with two attached hydrogens (primary N) is 2. The largest absolute Gasteiger partial charge is 0.382 e. The minimum atomic E-state index is 0.152. The molecular weight excluding hydrogens is 156 g/mol. The molecule has 12 heavy (non-hydrogen) atoms. The molecule has 0 saturated heterocycles. The number of rotatable bonds is 0. The normalized spacial score (nSPS) is 10.8. The van der Waals surface area contributed by atoms with E-state index >= 15 is 0 Å². The molecule has 2 aromatic rings. The first-order valence-electron chi connectivity index (χ1n) is 3.38. The minimum absolute atomic E-state index is 0.152. The van der Waals surface area contributed by atoms with E-state index in [0.717, 1.165) is 0 Å². The molecule has 0 aliphatic rings. The third kappa shape index (κ3) is 0.777. The highest BCUT2D eigenvalue weighted by Crippen LogP contribution is 2.15. The van der Waals surface area contributed by atoms with Crippen LogP contribution in [0.2, 0.25) is 0 Å². The Morgan fingerprint density at radius 3 is 2.83 bits per heavy atom. The van der Waals surface area contributed by atoms with Crippen LogP contribution in [0, 0.1) is 0 Å². The fourth-order valence-electron chi connectivity index (χ4n) is 1.10. The predicted octanol–water partition coefficient (Wildman–Crippen LogP) is -0.472. The van der Waals surface area contributed by atoms with Gasteiger partial charge in [-0.05, 0) is 0 Å². The average molecular weight is 164 g/mol. The van der Waals surface area contributed by atoms with E-state index in [4.69, 9.17) is 11.5 Å². The standard InChI is InChI=1S/C6H8N6/c1-12-2-9-5-3(12)4(7)10-6(8)11-5/h2H,1H3,(H4,7,8,10,11). The van der Waals surface area contributed by atoms with Crippen molar-refractivity contribution >= 4 is 22.9 Å². The van der Waals surface area contributed by atoms with E-state index in [1.54, 1.807) is 10.9 Å². The summed E-state index contributed by atoms with van der Waals surface area (Å²) in [6, 6.07) is 0. The molecule has 6 heteroatoms. The lowest BCUT2D eigenvalue weighted by molar-refractivity contribution is 0.946. The van der Waals surface area contributed by atoms with Gasteiger partial charge in [0.25, 0.3) is 0 Å². The van der Waals surface area contributed by atoms with E-state index in [2.05, 4.69) is 15.0 Å². The van der Waals surface area contributed by atoms with Crippen molar-refractivity contribution in [1.29, 1.82) is 0 Å². The first kappa shape index (κ1) is 6.84. The van der Waals surface area contributed by atoms with Crippen molar-refractivity contribution in [2.24, 2.45) is 7.05 Å². The van der Waals surface area contributed by atoms with Crippen LogP contribution in [0.1, 0.15) is 0 Å². The van der Waals surface area contributed by atoms with Crippen molar-refractivity contribution in [2.45, 2.75) is 0 Å². The van der Waals surface area contributed by atoms with Gasteiger partial charge in [0, 0.05) is 7.05 Å². The topological polar surface area (TPSA) is 95.6 Å². The van der Waals surface area contributed by atoms with Crippen molar-refractivity contribution in [3.05, 3.63) is 6.33 Å². The highest BCUT2D eigenvalue weighted by Gasteiger charge is 2.06. The van der Waals surface area contributed by atoms with E-state index in [1.807, 2.05) is 7.05 Å². The lowest BCUT2D eigenvalue weighted by atomic mass is 10.5. The van der Waals surface area contributed by atoms with Crippen LogP contribution >= 0.6 is 0 Å². The van der Waals surface area contributed by atoms with Crippen LogP contribution in [-0.2, 0) is 7.05 Å². The SMILES string of the molecule is Cn1cnc2nc(N)nc(N)c21. The Morgan fingerprint density at radius 1 is 1.33 bits per heavy atom. The van der Waals surface area contributed by atoms with Crippen LogP contribution in [-0.4, -0.2) is 19.5 Å². The van der Waals surface area contributed by atoms with Gasteiger partial charge >= 0.3 is 0 Å². The van der Waals surface area contributed by atoms with Gasteiger partial charge in [0.15, 0.2) is 11.5 Å². The number of anilines is 2. The summed E-state index contributed by atoms with van der Waals surface area (Å²) in [7, 11) is 1.82. The number of nitrogen functional groups attached to an aromatic ring is 2. The van der Waals surface area contributed by atoms with E-state index in [9.17, 15) is 0 Å². The zero-order chi connectivity index (χ0) is 8.72. The van der Waals surface area contributed by atoms with Crippen molar-refractivity contribution in [1.82, 2.24) is 19.5 Å². The van der Waals surface area contributed by atoms with E-state index in [1.165, 1.54) is 0 Å². The Hall–Kier alpha value is -1.85. The van der Waals surface area contributed by atoms with Gasteiger partial charge in [0.1, 0.15) is 5.52 Å². The zero-order valence-electron chi connectivity index (χ0n) is 6.52. The second-order valence-electron chi connectivity index (χ2n) is 2.49. The van der Waals surface area contributed by atoms with E-state index in [-0.39, 0.29) is 5.95 Å². The van der Waals surface area contributed by atoms with Gasteiger partial charge < -0.3 is 16.0 Å². The molecule has 0 spiro atoms. The summed E-state index contributed by atoms with van der Waals surface area (Å²) < 4.78 is 1.75. The molecule has 62 valence electrons. The van der Waals surface area contributed by atoms with Gasteiger partial charge in [-0.3, -0.25) is 0 Å². The Morgan fingerprint density at radius 2 is 2.08 bits per heavy atom. The molecule has 0 fully saturated rings. The van der Waals surface area contributed by atoms with Crippen LogP contribution in [0.15, 0.2) is 6.33 Å². The molecule has 0 radical (unpaired) electrons. The fraction of sp³-hybridized carbons (Fsp3) is 0.167. The molecule has 0 atom stereocenters. The highest BCUT2D eigenvalue weighted by molar-refractivity contribution is 5.82. The summed E-state index contributed by atoms with van der Waals surface area (Å²) in [6.07, 6.45) is 1.62. The third-order valence-corrected chi connectivity index (χ3v) is 1.62. The highest BCUT2D eigenvalue weighted by atomic mass is 15.1. The Labute approximate surface area is 68.2 Å². The predicted molar refractivity (Wildman–Crippen MR) is 45.1 cm³/mol. The summed E-state index contributed by atoms with van der Waals surface area (Å²) in [5.41, 5.74) is 12.2. The molecule has 0 aromatic carbocycles. The number of hydrogen-bond donors (Lipinski definition) is 2. The lowest BCUT2D eigenvalue weighted by Crippen LogP contribution is -2.01. The smallest absolute Gasteiger partial charge is 0.224 e. The molecule has 4 N–H and O–H groups in total. The van der Waals surface area contributed by atoms with E-state index < -0.39 is 0 Å². The molecule has 0 aliphatic heterocycles. The van der Waals surface area contributed by atoms with Gasteiger partial charge in [0.05, 0.1) is 6.33 Å². The summed E-state index contributed by atoms with van der Waals surface area (Å²) in [4.78, 5) is 11.7. The van der Waals surface area contributed by atoms with Crippen LogP contribution in [0.25, 0.3) is 11.2 Å². The molecule has 6 nitrogen and oxygen atoms in total. The number of imidazole rings is 1. The molecule has 0 bridgehead atoms. The van der Waals surface area contributed by atoms with Gasteiger partial charge in [-0.25, -0.2) is 4.98 Å². The monoisotopic (exact) mass is 164 g/mol. The van der Waals surface area contributed by atoms with Crippen molar-refractivity contribution in [2.75, 3.05) is 11.5 Å². The van der Waals surface area contributed by atoms with Crippen molar-refractivity contribution < 1.29 is 0 Å². The average Bonchev–Trinajstić information content (AvgIpc) is 2.31. The summed E-state index contributed by atoms with van der Waals surface area (Å²) in [5, 5.41) is 0. The number of aryl methyl sites for hydroxylation is 1. The second kappa shape index (κ2) is 2.07. The summed E-state index contributed by atoms with van der Waals surface area (Å²) >= 11 is 0. The molecule has 0 aliphatic carbocycles. The molecule has 0 amide bonds. The van der Waals surface area contributed by atoms with Crippen LogP contribution in [0.5, 0.6) is 0 Å². The molecule has 0 saturated carbocycles. The summed E-state index contributed by atoms with van der Waals surface area (Å²) in [6.45, 7) is 0. The van der Waals surface area contributed by atoms with Gasteiger partial charge in [0.2, 0.25) is 5.95 Å². The van der Waals surface area contributed by atoms with E-state index in [0.29, 0.717) is 17.0 Å². The van der Waals surface area contributed by atoms with Crippen LogP contribution in [0.3, 0.4) is 0 Å². The maximum absolute atomic E-state index is 5.61. The summed E-state index contributed by atoms with van der Waals surface area (Å²) in [5.74, 6) is 0.510. The molecule has 0 unspecified atom stereocenters. The van der Waals surface area contributed by atoms with Gasteiger partial charge in [-0.1, -0.05) is 0 Å². The number of hydrogen-bond acceptors (Lipinski definition) is 5. The van der Waals surface area contributed by atoms with Gasteiger partial charge in [-0.2, -0.15) is 9.97 Å². The van der Waals surface area contributed by atoms with Crippen molar-refractivity contribution in [3.8, 4) is 0 Å². The van der Waals surface area contributed by atoms with Gasteiger partial charge in [-0.15, -0.1) is 0 Å². The number of nitrogens with zero attached hydrogens (tertiary/aromatic N) is 4. The van der Waals surface area contributed by atoms with Crippen molar-refractivity contribution in [3.63, 3.8) is 0 Å². The maximum Gasteiger partial charge on any atom is 0.224 e.